The molecule has 2 rings (SSSR count). The van der Waals surface area contributed by atoms with Crippen molar-refractivity contribution in [1.29, 1.82) is 0 Å². The van der Waals surface area contributed by atoms with Gasteiger partial charge in [-0.3, -0.25) is 0 Å². The van der Waals surface area contributed by atoms with Gasteiger partial charge in [0.15, 0.2) is 0 Å². The summed E-state index contributed by atoms with van der Waals surface area (Å²) in [6.07, 6.45) is 5.05. The molecule has 13 heavy (non-hydrogen) atoms. The maximum atomic E-state index is 5.86. The molecule has 2 N–H and O–H groups in total. The van der Waals surface area contributed by atoms with E-state index in [2.05, 4.69) is 9.55 Å². The predicted octanol–water partition coefficient (Wildman–Crippen LogP) is 1.58. The quantitative estimate of drug-likeness (QED) is 0.783. The Bertz CT molecular complexity index is 276. The number of imidazole rings is 1. The van der Waals surface area contributed by atoms with E-state index in [1.165, 1.54) is 17.9 Å². The Morgan fingerprint density at radius 1 is 1.77 bits per heavy atom. The van der Waals surface area contributed by atoms with Crippen LogP contribution in [0.3, 0.4) is 0 Å². The molecular weight excluding hydrogens is 182 g/mol. The molecule has 1 unspecified atom stereocenters. The molecule has 1 aromatic heterocycles. The molecule has 1 saturated heterocycles. The molecule has 0 bridgehead atoms. The van der Waals surface area contributed by atoms with Crippen LogP contribution >= 0.6 is 11.8 Å². The highest BCUT2D eigenvalue weighted by molar-refractivity contribution is 7.99. The Morgan fingerprint density at radius 3 is 3.23 bits per heavy atom. The van der Waals surface area contributed by atoms with Crippen LogP contribution in [0.4, 0.5) is 0 Å². The second kappa shape index (κ2) is 3.72. The highest BCUT2D eigenvalue weighted by Gasteiger charge is 2.20. The number of nitrogens with two attached hydrogens (primary N) is 1. The monoisotopic (exact) mass is 197 g/mol. The summed E-state index contributed by atoms with van der Waals surface area (Å²) in [5, 5.41) is 0. The van der Waals surface area contributed by atoms with Gasteiger partial charge in [0.25, 0.3) is 0 Å². The highest BCUT2D eigenvalue weighted by atomic mass is 32.2. The summed E-state index contributed by atoms with van der Waals surface area (Å²) in [6, 6.07) is 0.710. The molecule has 0 aromatic carbocycles. The second-order valence-corrected chi connectivity index (χ2v) is 4.68. The Kier molecular flexibility index (Phi) is 2.60. The van der Waals surface area contributed by atoms with Crippen LogP contribution in [0.15, 0.2) is 12.5 Å². The van der Waals surface area contributed by atoms with E-state index >= 15 is 0 Å². The van der Waals surface area contributed by atoms with Crippen molar-refractivity contribution in [1.82, 2.24) is 9.55 Å². The lowest BCUT2D eigenvalue weighted by Gasteiger charge is -2.16. The molecular formula is C9H15N3S. The van der Waals surface area contributed by atoms with Crippen LogP contribution in [0.1, 0.15) is 31.1 Å². The summed E-state index contributed by atoms with van der Waals surface area (Å²) in [5.74, 6) is 2.47. The maximum absolute atomic E-state index is 5.86. The van der Waals surface area contributed by atoms with E-state index in [-0.39, 0.29) is 6.04 Å². The van der Waals surface area contributed by atoms with Gasteiger partial charge in [0.2, 0.25) is 0 Å². The van der Waals surface area contributed by atoms with Gasteiger partial charge in [0, 0.05) is 24.0 Å². The predicted molar refractivity (Wildman–Crippen MR) is 55.8 cm³/mol. The zero-order valence-electron chi connectivity index (χ0n) is 7.81. The number of hydrogen-bond acceptors (Lipinski definition) is 3. The molecule has 0 aliphatic carbocycles. The highest BCUT2D eigenvalue weighted by Crippen LogP contribution is 2.29. The van der Waals surface area contributed by atoms with Gasteiger partial charge in [0.1, 0.15) is 0 Å². The van der Waals surface area contributed by atoms with Crippen LogP contribution in [0.2, 0.25) is 0 Å². The fraction of sp³-hybridized carbons (Fsp3) is 0.667. The average Bonchev–Trinajstić information content (AvgIpc) is 2.74. The summed E-state index contributed by atoms with van der Waals surface area (Å²) in [7, 11) is 0. The average molecular weight is 197 g/mol. The maximum Gasteiger partial charge on any atom is 0.0951 e. The fourth-order valence-electron chi connectivity index (χ4n) is 1.71. The minimum Gasteiger partial charge on any atom is -0.329 e. The lowest BCUT2D eigenvalue weighted by molar-refractivity contribution is 0.523. The SMILES string of the molecule is C[C@@H](N)c1cncn1C1CCSC1. The zero-order chi connectivity index (χ0) is 9.26. The summed E-state index contributed by atoms with van der Waals surface area (Å²) in [6.45, 7) is 2.01. The van der Waals surface area contributed by atoms with Crippen molar-refractivity contribution in [2.24, 2.45) is 5.73 Å². The van der Waals surface area contributed by atoms with Gasteiger partial charge in [-0.2, -0.15) is 11.8 Å². The van der Waals surface area contributed by atoms with Gasteiger partial charge in [-0.1, -0.05) is 0 Å². The smallest absolute Gasteiger partial charge is 0.0951 e. The van der Waals surface area contributed by atoms with Crippen molar-refractivity contribution in [3.8, 4) is 0 Å². The molecule has 2 atom stereocenters. The van der Waals surface area contributed by atoms with Crippen molar-refractivity contribution in [3.05, 3.63) is 18.2 Å². The van der Waals surface area contributed by atoms with E-state index in [1.807, 2.05) is 31.2 Å². The largest absolute Gasteiger partial charge is 0.329 e. The first-order valence-corrected chi connectivity index (χ1v) is 5.79. The van der Waals surface area contributed by atoms with Crippen molar-refractivity contribution in [2.75, 3.05) is 11.5 Å². The normalized spacial score (nSPS) is 24.9. The molecule has 1 fully saturated rings. The molecule has 4 heteroatoms. The molecule has 0 radical (unpaired) electrons. The molecule has 1 aliphatic heterocycles. The summed E-state index contributed by atoms with van der Waals surface area (Å²) in [5.41, 5.74) is 7.02. The van der Waals surface area contributed by atoms with Crippen molar-refractivity contribution < 1.29 is 0 Å². The van der Waals surface area contributed by atoms with Gasteiger partial charge in [-0.15, -0.1) is 0 Å². The van der Waals surface area contributed by atoms with E-state index in [0.717, 1.165) is 5.69 Å². The molecule has 72 valence electrons. The Labute approximate surface area is 82.7 Å². The van der Waals surface area contributed by atoms with Gasteiger partial charge in [0.05, 0.1) is 12.0 Å². The number of nitrogens with zero attached hydrogens (tertiary/aromatic N) is 2. The number of thioether (sulfide) groups is 1. The second-order valence-electron chi connectivity index (χ2n) is 3.53. The lowest BCUT2D eigenvalue weighted by atomic mass is 10.2. The number of aromatic nitrogens is 2. The van der Waals surface area contributed by atoms with Gasteiger partial charge < -0.3 is 10.3 Å². The van der Waals surface area contributed by atoms with E-state index in [4.69, 9.17) is 5.73 Å². The topological polar surface area (TPSA) is 43.8 Å². The third-order valence-electron chi connectivity index (χ3n) is 2.46. The fourth-order valence-corrected chi connectivity index (χ4v) is 2.92. The molecule has 1 aliphatic rings. The molecule has 0 spiro atoms. The number of rotatable bonds is 2. The minimum absolute atomic E-state index is 0.0908. The van der Waals surface area contributed by atoms with Crippen LogP contribution < -0.4 is 5.73 Å². The first-order chi connectivity index (χ1) is 6.29. The molecule has 2 heterocycles. The molecule has 0 amide bonds. The standard InChI is InChI=1S/C9H15N3S/c1-7(10)9-4-11-6-12(9)8-2-3-13-5-8/h4,6-8H,2-3,5,10H2,1H3/t7-,8?/m1/s1. The first-order valence-electron chi connectivity index (χ1n) is 4.64. The summed E-state index contributed by atoms with van der Waals surface area (Å²) in [4.78, 5) is 4.16. The van der Waals surface area contributed by atoms with Crippen LogP contribution in [0.5, 0.6) is 0 Å². The van der Waals surface area contributed by atoms with Crippen LogP contribution in [0.25, 0.3) is 0 Å². The molecule has 0 saturated carbocycles. The number of hydrogen-bond donors (Lipinski definition) is 1. The molecule has 3 nitrogen and oxygen atoms in total. The first kappa shape index (κ1) is 9.09. The summed E-state index contributed by atoms with van der Waals surface area (Å²) >= 11 is 2.01. The lowest BCUT2D eigenvalue weighted by Crippen LogP contribution is -2.16. The van der Waals surface area contributed by atoms with Crippen LogP contribution in [0, 0.1) is 0 Å². The molecule has 1 aromatic rings. The van der Waals surface area contributed by atoms with E-state index in [9.17, 15) is 0 Å². The van der Waals surface area contributed by atoms with Gasteiger partial charge in [-0.25, -0.2) is 4.98 Å². The van der Waals surface area contributed by atoms with Crippen molar-refractivity contribution >= 4 is 11.8 Å². The van der Waals surface area contributed by atoms with Gasteiger partial charge in [-0.05, 0) is 19.1 Å². The summed E-state index contributed by atoms with van der Waals surface area (Å²) < 4.78 is 2.24. The third-order valence-corrected chi connectivity index (χ3v) is 3.61. The Morgan fingerprint density at radius 2 is 2.62 bits per heavy atom. The zero-order valence-corrected chi connectivity index (χ0v) is 8.63. The Hall–Kier alpha value is -0.480. The van der Waals surface area contributed by atoms with Crippen LogP contribution in [-0.2, 0) is 0 Å². The van der Waals surface area contributed by atoms with Crippen molar-refractivity contribution in [2.45, 2.75) is 25.4 Å². The van der Waals surface area contributed by atoms with E-state index < -0.39 is 0 Å². The third kappa shape index (κ3) is 1.74. The Balaban J connectivity index is 2.23. The van der Waals surface area contributed by atoms with Crippen LogP contribution in [-0.4, -0.2) is 21.1 Å². The minimum atomic E-state index is 0.0908. The van der Waals surface area contributed by atoms with Gasteiger partial charge >= 0.3 is 0 Å². The van der Waals surface area contributed by atoms with E-state index in [1.54, 1.807) is 0 Å². The van der Waals surface area contributed by atoms with E-state index in [0.29, 0.717) is 6.04 Å². The van der Waals surface area contributed by atoms with Crippen molar-refractivity contribution in [3.63, 3.8) is 0 Å².